The summed E-state index contributed by atoms with van der Waals surface area (Å²) in [4.78, 5) is 40.7. The van der Waals surface area contributed by atoms with E-state index in [2.05, 4.69) is 18.9 Å². The largest absolute Gasteiger partial charge is 0.481 e. The van der Waals surface area contributed by atoms with E-state index in [1.807, 2.05) is 0 Å². The predicted octanol–water partition coefficient (Wildman–Crippen LogP) is -0.484. The minimum Gasteiger partial charge on any atom is -0.481 e. The molecule has 0 aliphatic carbocycles. The van der Waals surface area contributed by atoms with Crippen LogP contribution in [0.15, 0.2) is 0 Å². The number of methoxy groups -OCH3 is 2. The number of carbonyl (C=O) groups is 4. The van der Waals surface area contributed by atoms with Crippen LogP contribution in [-0.2, 0) is 38.1 Å². The van der Waals surface area contributed by atoms with Crippen molar-refractivity contribution in [2.45, 2.75) is 25.7 Å². The second kappa shape index (κ2) is 17.3. The van der Waals surface area contributed by atoms with Crippen LogP contribution in [-0.4, -0.2) is 74.7 Å². The van der Waals surface area contributed by atoms with E-state index in [1.165, 1.54) is 7.11 Å². The molecule has 0 saturated carbocycles. The molecule has 0 amide bonds. The van der Waals surface area contributed by atoms with Gasteiger partial charge in [-0.2, -0.15) is 0 Å². The van der Waals surface area contributed by atoms with E-state index in [-0.39, 0.29) is 38.9 Å². The van der Waals surface area contributed by atoms with Crippen molar-refractivity contribution < 1.29 is 48.3 Å². The van der Waals surface area contributed by atoms with Crippen LogP contribution in [0.1, 0.15) is 25.7 Å². The summed E-state index contributed by atoms with van der Waals surface area (Å²) < 4.78 is 17.8. The average molecular weight is 352 g/mol. The van der Waals surface area contributed by atoms with Crippen LogP contribution in [0.3, 0.4) is 0 Å². The number of carbonyl (C=O) groups excluding carboxylic acids is 3. The van der Waals surface area contributed by atoms with Crippen molar-refractivity contribution in [3.63, 3.8) is 0 Å². The highest BCUT2D eigenvalue weighted by atomic mass is 16.6. The zero-order chi connectivity index (χ0) is 18.8. The second-order valence-corrected chi connectivity index (χ2v) is 4.17. The summed E-state index contributed by atoms with van der Waals surface area (Å²) in [5.41, 5.74) is 0. The molecule has 1 aliphatic rings. The van der Waals surface area contributed by atoms with E-state index in [1.54, 1.807) is 7.11 Å². The number of rotatable bonds is 8. The van der Waals surface area contributed by atoms with Crippen molar-refractivity contribution in [3.8, 4) is 0 Å². The highest BCUT2D eigenvalue weighted by Crippen LogP contribution is 2.03. The molecule has 10 nitrogen and oxygen atoms in total. The molecule has 0 aromatic rings. The maximum atomic E-state index is 10.7. The van der Waals surface area contributed by atoms with Crippen molar-refractivity contribution in [1.29, 1.82) is 0 Å². The normalized spacial score (nSPS) is 12.3. The number of hydrogen-bond acceptors (Lipinski definition) is 9. The van der Waals surface area contributed by atoms with Gasteiger partial charge in [0.15, 0.2) is 0 Å². The third-order valence-electron chi connectivity index (χ3n) is 2.15. The fourth-order valence-electron chi connectivity index (χ4n) is 1.04. The van der Waals surface area contributed by atoms with E-state index in [0.29, 0.717) is 13.2 Å². The monoisotopic (exact) mass is 352 g/mol. The molecule has 0 aromatic carbocycles. The molecule has 1 rings (SSSR count). The van der Waals surface area contributed by atoms with Crippen LogP contribution >= 0.6 is 0 Å². The fourth-order valence-corrected chi connectivity index (χ4v) is 1.04. The zero-order valence-corrected chi connectivity index (χ0v) is 13.8. The maximum absolute atomic E-state index is 10.7. The molecule has 0 aromatic heterocycles. The highest BCUT2D eigenvalue weighted by Gasteiger charge is 2.19. The Labute approximate surface area is 139 Å². The molecule has 2 N–H and O–H groups in total. The summed E-state index contributed by atoms with van der Waals surface area (Å²) in [6.07, 6.45) is 0.253. The summed E-state index contributed by atoms with van der Waals surface area (Å²) in [6.45, 7) is 1.07. The van der Waals surface area contributed by atoms with Crippen LogP contribution in [0.5, 0.6) is 0 Å². The number of carboxylic acid groups (broad SMARTS) is 1. The third-order valence-corrected chi connectivity index (χ3v) is 2.15. The molecule has 0 atom stereocenters. The SMILES string of the molecule is COCCO.COCCOC(=O)CCC(=O)O.O=C1CCC(=O)O1. The summed E-state index contributed by atoms with van der Waals surface area (Å²) in [7, 11) is 3.04. The van der Waals surface area contributed by atoms with E-state index >= 15 is 0 Å². The van der Waals surface area contributed by atoms with E-state index < -0.39 is 23.9 Å². The van der Waals surface area contributed by atoms with Gasteiger partial charge in [-0.1, -0.05) is 0 Å². The molecule has 24 heavy (non-hydrogen) atoms. The molecule has 0 unspecified atom stereocenters. The predicted molar refractivity (Wildman–Crippen MR) is 79.0 cm³/mol. The van der Waals surface area contributed by atoms with E-state index in [4.69, 9.17) is 10.2 Å². The molecular formula is C14H24O10. The number of ether oxygens (including phenoxy) is 4. The Bertz CT molecular complexity index is 364. The van der Waals surface area contributed by atoms with Crippen molar-refractivity contribution in [1.82, 2.24) is 0 Å². The quantitative estimate of drug-likeness (QED) is 0.333. The van der Waals surface area contributed by atoms with E-state index in [9.17, 15) is 19.2 Å². The fraction of sp³-hybridized carbons (Fsp3) is 0.714. The van der Waals surface area contributed by atoms with Crippen LogP contribution in [0.4, 0.5) is 0 Å². The van der Waals surface area contributed by atoms with Crippen molar-refractivity contribution >= 4 is 23.9 Å². The molecular weight excluding hydrogens is 328 g/mol. The van der Waals surface area contributed by atoms with Crippen LogP contribution in [0.25, 0.3) is 0 Å². The topological polar surface area (TPSA) is 146 Å². The Hall–Kier alpha value is -2.04. The van der Waals surface area contributed by atoms with Gasteiger partial charge in [0, 0.05) is 14.2 Å². The Morgan fingerprint density at radius 1 is 1.00 bits per heavy atom. The summed E-state index contributed by atoms with van der Waals surface area (Å²) in [5, 5.41) is 16.1. The lowest BCUT2D eigenvalue weighted by molar-refractivity contribution is -0.152. The number of esters is 3. The number of aliphatic carboxylic acids is 1. The number of cyclic esters (lactones) is 2. The number of carboxylic acids is 1. The maximum Gasteiger partial charge on any atom is 0.314 e. The molecule has 1 fully saturated rings. The lowest BCUT2D eigenvalue weighted by Gasteiger charge is -2.01. The first-order chi connectivity index (χ1) is 11.4. The standard InChI is InChI=1S/C7H12O5.C4H4O3.C3H8O2/c1-11-4-5-12-7(10)3-2-6(8)9;5-3-1-2-4(6)7-3;1-5-3-2-4/h2-5H2,1H3,(H,8,9);1-2H2;4H,2-3H2,1H3. The summed E-state index contributed by atoms with van der Waals surface area (Å²) in [6, 6.07) is 0. The molecule has 1 aliphatic heterocycles. The molecule has 1 saturated heterocycles. The number of hydrogen-bond donors (Lipinski definition) is 2. The Morgan fingerprint density at radius 3 is 1.83 bits per heavy atom. The molecule has 0 spiro atoms. The van der Waals surface area contributed by atoms with E-state index in [0.717, 1.165) is 0 Å². The van der Waals surface area contributed by atoms with Gasteiger partial charge >= 0.3 is 23.9 Å². The summed E-state index contributed by atoms with van der Waals surface area (Å²) >= 11 is 0. The van der Waals surface area contributed by atoms with Gasteiger partial charge in [0.1, 0.15) is 6.61 Å². The lowest BCUT2D eigenvalue weighted by atomic mass is 10.3. The van der Waals surface area contributed by atoms with Crippen molar-refractivity contribution in [2.24, 2.45) is 0 Å². The van der Waals surface area contributed by atoms with Gasteiger partial charge in [0.2, 0.25) is 0 Å². The Kier molecular flexibility index (Phi) is 17.5. The molecule has 10 heteroatoms. The smallest absolute Gasteiger partial charge is 0.314 e. The zero-order valence-electron chi connectivity index (χ0n) is 13.8. The van der Waals surface area contributed by atoms with Gasteiger partial charge in [0.25, 0.3) is 0 Å². The van der Waals surface area contributed by atoms with Gasteiger partial charge < -0.3 is 29.2 Å². The number of aliphatic hydroxyl groups excluding tert-OH is 1. The molecule has 0 radical (unpaired) electrons. The Balaban J connectivity index is 0. The van der Waals surface area contributed by atoms with Gasteiger partial charge in [-0.05, 0) is 0 Å². The first-order valence-electron chi connectivity index (χ1n) is 7.07. The lowest BCUT2D eigenvalue weighted by Crippen LogP contribution is -2.10. The first-order valence-corrected chi connectivity index (χ1v) is 7.07. The highest BCUT2D eigenvalue weighted by molar-refractivity contribution is 5.92. The van der Waals surface area contributed by atoms with Crippen LogP contribution in [0, 0.1) is 0 Å². The van der Waals surface area contributed by atoms with Gasteiger partial charge in [-0.25, -0.2) is 0 Å². The second-order valence-electron chi connectivity index (χ2n) is 4.17. The molecule has 140 valence electrons. The first kappa shape index (κ1) is 24.2. The van der Waals surface area contributed by atoms with Gasteiger partial charge in [-0.3, -0.25) is 19.2 Å². The number of aliphatic hydroxyl groups is 1. The van der Waals surface area contributed by atoms with Crippen LogP contribution in [0.2, 0.25) is 0 Å². The minimum absolute atomic E-state index is 0.0843. The third kappa shape index (κ3) is 20.0. The molecule has 1 heterocycles. The van der Waals surface area contributed by atoms with Crippen molar-refractivity contribution in [3.05, 3.63) is 0 Å². The van der Waals surface area contributed by atoms with Gasteiger partial charge in [-0.15, -0.1) is 0 Å². The van der Waals surface area contributed by atoms with Gasteiger partial charge in [0.05, 0.1) is 45.5 Å². The minimum atomic E-state index is -1.00. The average Bonchev–Trinajstić information content (AvgIpc) is 2.91. The molecule has 0 bridgehead atoms. The van der Waals surface area contributed by atoms with Crippen LogP contribution < -0.4 is 0 Å². The Morgan fingerprint density at radius 2 is 1.54 bits per heavy atom. The van der Waals surface area contributed by atoms with Crippen molar-refractivity contribution in [2.75, 3.05) is 40.6 Å². The summed E-state index contributed by atoms with van der Waals surface area (Å²) in [5.74, 6) is -2.30.